The van der Waals surface area contributed by atoms with Crippen molar-refractivity contribution in [2.24, 2.45) is 0 Å². The van der Waals surface area contributed by atoms with Crippen molar-refractivity contribution < 1.29 is 26.8 Å². The van der Waals surface area contributed by atoms with E-state index in [0.29, 0.717) is 0 Å². The molecule has 0 spiro atoms. The Balaban J connectivity index is 2.90. The van der Waals surface area contributed by atoms with E-state index < -0.39 is 31.8 Å². The van der Waals surface area contributed by atoms with Crippen LogP contribution in [-0.4, -0.2) is 26.8 Å². The summed E-state index contributed by atoms with van der Waals surface area (Å²) in [7, 11) is -4.50. The number of benzene rings is 2. The van der Waals surface area contributed by atoms with Gasteiger partial charge in [0.15, 0.2) is 11.1 Å². The zero-order valence-electron chi connectivity index (χ0n) is 9.27. The van der Waals surface area contributed by atoms with Gasteiger partial charge in [-0.15, -0.1) is 0 Å². The highest BCUT2D eigenvalue weighted by atomic mass is 32.2. The van der Waals surface area contributed by atoms with Gasteiger partial charge in [-0.05, 0) is 23.6 Å². The molecule has 1 unspecified atom stereocenters. The largest absolute Gasteiger partial charge is 0.507 e. The van der Waals surface area contributed by atoms with Crippen molar-refractivity contribution in [3.05, 3.63) is 24.3 Å². The Morgan fingerprint density at radius 2 is 1.79 bits per heavy atom. The van der Waals surface area contributed by atoms with Crippen LogP contribution >= 0.6 is 0 Å². The molecule has 2 aromatic carbocycles. The summed E-state index contributed by atoms with van der Waals surface area (Å²) < 4.78 is 51.0. The van der Waals surface area contributed by atoms with Gasteiger partial charge in [0.25, 0.3) is 10.1 Å². The molecule has 0 heterocycles. The maximum absolute atomic E-state index is 11.0. The van der Waals surface area contributed by atoms with E-state index in [1.165, 1.54) is 12.1 Å². The summed E-state index contributed by atoms with van der Waals surface area (Å²) in [5.74, 6) is -0.446. The lowest BCUT2D eigenvalue weighted by Gasteiger charge is -2.08. The summed E-state index contributed by atoms with van der Waals surface area (Å²) in [6.45, 7) is 0. The molecular formula is C10H9NO6S2. The second-order valence-electron chi connectivity index (χ2n) is 3.78. The zero-order valence-corrected chi connectivity index (χ0v) is 10.9. The third-order valence-electron chi connectivity index (χ3n) is 2.51. The molecule has 0 radical (unpaired) electrons. The third-order valence-corrected chi connectivity index (χ3v) is 3.98. The van der Waals surface area contributed by atoms with Crippen LogP contribution in [0.5, 0.6) is 5.75 Å². The van der Waals surface area contributed by atoms with Crippen LogP contribution in [0.3, 0.4) is 0 Å². The summed E-state index contributed by atoms with van der Waals surface area (Å²) >= 11 is -2.30. The second-order valence-corrected chi connectivity index (χ2v) is 6.17. The minimum Gasteiger partial charge on any atom is -0.507 e. The highest BCUT2D eigenvalue weighted by molar-refractivity contribution is 7.85. The van der Waals surface area contributed by atoms with Crippen molar-refractivity contribution in [1.82, 2.24) is 0 Å². The summed E-state index contributed by atoms with van der Waals surface area (Å²) in [4.78, 5) is -0.574. The van der Waals surface area contributed by atoms with Crippen molar-refractivity contribution in [3.8, 4) is 5.75 Å². The lowest BCUT2D eigenvalue weighted by atomic mass is 10.1. The summed E-state index contributed by atoms with van der Waals surface area (Å²) in [6, 6.07) is 4.31. The second kappa shape index (κ2) is 4.46. The maximum Gasteiger partial charge on any atom is 0.294 e. The minimum atomic E-state index is -4.50. The SMILES string of the molecule is Nc1cc(S(=O)O)cc2cc(S(=O)(=O)O)cc(O)c12. The molecule has 0 bridgehead atoms. The number of rotatable bonds is 2. The third kappa shape index (κ3) is 2.54. The summed E-state index contributed by atoms with van der Waals surface area (Å²) in [5, 5.41) is 10.0. The molecule has 1 atom stereocenters. The summed E-state index contributed by atoms with van der Waals surface area (Å²) in [5.41, 5.74) is 5.66. The first kappa shape index (κ1) is 13.7. The fourth-order valence-electron chi connectivity index (χ4n) is 1.72. The van der Waals surface area contributed by atoms with Crippen molar-refractivity contribution in [2.45, 2.75) is 9.79 Å². The fraction of sp³-hybridized carbons (Fsp3) is 0. The predicted octanol–water partition coefficient (Wildman–Crippen LogP) is 0.955. The fourth-order valence-corrected chi connectivity index (χ4v) is 2.71. The van der Waals surface area contributed by atoms with E-state index in [2.05, 4.69) is 0 Å². The topological polar surface area (TPSA) is 138 Å². The molecule has 0 aliphatic rings. The highest BCUT2D eigenvalue weighted by Gasteiger charge is 2.16. The number of nitrogen functional groups attached to an aromatic ring is 1. The first-order valence-electron chi connectivity index (χ1n) is 4.85. The number of hydrogen-bond acceptors (Lipinski definition) is 5. The van der Waals surface area contributed by atoms with E-state index in [4.69, 9.17) is 14.8 Å². The van der Waals surface area contributed by atoms with Gasteiger partial charge in [0.1, 0.15) is 5.75 Å². The van der Waals surface area contributed by atoms with Gasteiger partial charge in [-0.3, -0.25) is 4.55 Å². The van der Waals surface area contributed by atoms with E-state index in [1.54, 1.807) is 0 Å². The Hall–Kier alpha value is -1.68. The minimum absolute atomic E-state index is 0.0225. The Labute approximate surface area is 110 Å². The first-order valence-corrected chi connectivity index (χ1v) is 7.39. The molecule has 0 amide bonds. The molecule has 0 aliphatic carbocycles. The molecule has 0 saturated heterocycles. The van der Waals surface area contributed by atoms with E-state index in [1.807, 2.05) is 0 Å². The van der Waals surface area contributed by atoms with Gasteiger partial charge in [-0.1, -0.05) is 0 Å². The van der Waals surface area contributed by atoms with Crippen LogP contribution in [0, 0.1) is 0 Å². The van der Waals surface area contributed by atoms with Crippen molar-refractivity contribution >= 4 is 37.7 Å². The van der Waals surface area contributed by atoms with Gasteiger partial charge in [-0.25, -0.2) is 4.21 Å². The van der Waals surface area contributed by atoms with Crippen molar-refractivity contribution in [3.63, 3.8) is 0 Å². The molecule has 0 fully saturated rings. The number of phenolic OH excluding ortho intramolecular Hbond substituents is 1. The van der Waals surface area contributed by atoms with Crippen LogP contribution in [0.15, 0.2) is 34.1 Å². The Morgan fingerprint density at radius 1 is 1.16 bits per heavy atom. The molecule has 0 aliphatic heterocycles. The highest BCUT2D eigenvalue weighted by Crippen LogP contribution is 2.34. The summed E-state index contributed by atoms with van der Waals surface area (Å²) in [6.07, 6.45) is 0. The van der Waals surface area contributed by atoms with Crippen molar-refractivity contribution in [1.29, 1.82) is 0 Å². The van der Waals surface area contributed by atoms with Crippen LogP contribution in [0.1, 0.15) is 0 Å². The molecule has 9 heteroatoms. The van der Waals surface area contributed by atoms with Crippen LogP contribution < -0.4 is 5.73 Å². The Bertz CT molecular complexity index is 799. The van der Waals surface area contributed by atoms with Crippen LogP contribution in [-0.2, 0) is 21.2 Å². The van der Waals surface area contributed by atoms with Crippen LogP contribution in [0.2, 0.25) is 0 Å². The Morgan fingerprint density at radius 3 is 2.32 bits per heavy atom. The van der Waals surface area contributed by atoms with Crippen LogP contribution in [0.4, 0.5) is 5.69 Å². The quantitative estimate of drug-likeness (QED) is 0.368. The van der Waals surface area contributed by atoms with Gasteiger partial charge < -0.3 is 15.4 Å². The number of phenols is 1. The number of nitrogens with two attached hydrogens (primary N) is 1. The van der Waals surface area contributed by atoms with E-state index >= 15 is 0 Å². The number of aromatic hydroxyl groups is 1. The molecule has 0 aromatic heterocycles. The number of hydrogen-bond donors (Lipinski definition) is 4. The Kier molecular flexibility index (Phi) is 3.22. The van der Waals surface area contributed by atoms with E-state index in [0.717, 1.165) is 12.1 Å². The molecular weight excluding hydrogens is 294 g/mol. The molecule has 2 rings (SSSR count). The first-order chi connectivity index (χ1) is 8.70. The van der Waals surface area contributed by atoms with E-state index in [-0.39, 0.29) is 21.4 Å². The van der Waals surface area contributed by atoms with Gasteiger partial charge in [0.2, 0.25) is 0 Å². The number of anilines is 1. The van der Waals surface area contributed by atoms with Gasteiger partial charge in [-0.2, -0.15) is 8.42 Å². The lowest BCUT2D eigenvalue weighted by molar-refractivity contribution is 0.471. The zero-order chi connectivity index (χ0) is 14.4. The van der Waals surface area contributed by atoms with Gasteiger partial charge in [0, 0.05) is 17.1 Å². The predicted molar refractivity (Wildman–Crippen MR) is 68.9 cm³/mol. The van der Waals surface area contributed by atoms with Gasteiger partial charge in [0.05, 0.1) is 9.79 Å². The number of fused-ring (bicyclic) bond motifs is 1. The monoisotopic (exact) mass is 303 g/mol. The molecule has 0 saturated carbocycles. The van der Waals surface area contributed by atoms with Gasteiger partial charge >= 0.3 is 0 Å². The van der Waals surface area contributed by atoms with E-state index in [9.17, 15) is 17.7 Å². The maximum atomic E-state index is 11.0. The molecule has 102 valence electrons. The van der Waals surface area contributed by atoms with Crippen molar-refractivity contribution in [2.75, 3.05) is 5.73 Å². The molecule has 19 heavy (non-hydrogen) atoms. The lowest BCUT2D eigenvalue weighted by Crippen LogP contribution is -1.99. The van der Waals surface area contributed by atoms with Crippen LogP contribution in [0.25, 0.3) is 10.8 Å². The average molecular weight is 303 g/mol. The smallest absolute Gasteiger partial charge is 0.294 e. The molecule has 5 N–H and O–H groups in total. The molecule has 7 nitrogen and oxygen atoms in total. The standard InChI is InChI=1S/C10H9NO6S2/c11-8-3-6(18(13)14)1-5-2-7(19(15,16)17)4-9(12)10(5)8/h1-4,12H,11H2,(H,13,14)(H,15,16,17). The normalized spacial score (nSPS) is 13.6. The molecule has 2 aromatic rings. The average Bonchev–Trinajstić information content (AvgIpc) is 2.26.